The highest BCUT2D eigenvalue weighted by Gasteiger charge is 2.23. The average Bonchev–Trinajstić information content (AvgIpc) is 1.88. The molecule has 1 rings (SSSR count). The van der Waals surface area contributed by atoms with Crippen molar-refractivity contribution in [2.75, 3.05) is 13.1 Å². The molecule has 1 N–H and O–H groups in total. The SMILES string of the molecule is CC(C)[C@H]1CCNC[C@H]1C. The molecule has 0 unspecified atom stereocenters. The first-order valence-corrected chi connectivity index (χ1v) is 4.42. The fraction of sp³-hybridized carbons (Fsp3) is 1.00. The van der Waals surface area contributed by atoms with E-state index in [4.69, 9.17) is 0 Å². The Bertz CT molecular complexity index is 98.9. The summed E-state index contributed by atoms with van der Waals surface area (Å²) in [5.74, 6) is 2.71. The zero-order valence-electron chi connectivity index (χ0n) is 7.35. The smallest absolute Gasteiger partial charge is 0.00204 e. The Kier molecular flexibility index (Phi) is 2.72. The van der Waals surface area contributed by atoms with Gasteiger partial charge in [0.05, 0.1) is 0 Å². The van der Waals surface area contributed by atoms with Gasteiger partial charge >= 0.3 is 0 Å². The van der Waals surface area contributed by atoms with E-state index in [1.165, 1.54) is 19.5 Å². The van der Waals surface area contributed by atoms with Crippen molar-refractivity contribution < 1.29 is 0 Å². The molecule has 1 saturated heterocycles. The fourth-order valence-electron chi connectivity index (χ4n) is 2.02. The Morgan fingerprint density at radius 1 is 1.40 bits per heavy atom. The summed E-state index contributed by atoms with van der Waals surface area (Å²) in [6, 6.07) is 0. The van der Waals surface area contributed by atoms with Gasteiger partial charge in [-0.05, 0) is 37.3 Å². The fourth-order valence-corrected chi connectivity index (χ4v) is 2.02. The highest BCUT2D eigenvalue weighted by Crippen LogP contribution is 2.25. The van der Waals surface area contributed by atoms with Crippen molar-refractivity contribution in [2.45, 2.75) is 27.2 Å². The highest BCUT2D eigenvalue weighted by molar-refractivity contribution is 4.76. The standard InChI is InChI=1S/C9H19N/c1-7(2)9-4-5-10-6-8(9)3/h7-10H,4-6H2,1-3H3/t8-,9-/m1/s1. The van der Waals surface area contributed by atoms with Crippen molar-refractivity contribution in [1.29, 1.82) is 0 Å². The van der Waals surface area contributed by atoms with Crippen molar-refractivity contribution in [1.82, 2.24) is 5.32 Å². The van der Waals surface area contributed by atoms with Crippen LogP contribution >= 0.6 is 0 Å². The molecule has 1 heterocycles. The lowest BCUT2D eigenvalue weighted by Crippen LogP contribution is -2.37. The van der Waals surface area contributed by atoms with Crippen molar-refractivity contribution in [3.8, 4) is 0 Å². The van der Waals surface area contributed by atoms with Gasteiger partial charge in [0.25, 0.3) is 0 Å². The number of piperidine rings is 1. The van der Waals surface area contributed by atoms with Gasteiger partial charge < -0.3 is 5.32 Å². The monoisotopic (exact) mass is 141 g/mol. The normalized spacial score (nSPS) is 34.8. The van der Waals surface area contributed by atoms with Crippen LogP contribution in [0.2, 0.25) is 0 Å². The third-order valence-corrected chi connectivity index (χ3v) is 2.71. The van der Waals surface area contributed by atoms with Crippen molar-refractivity contribution in [3.63, 3.8) is 0 Å². The highest BCUT2D eigenvalue weighted by atomic mass is 14.9. The second-order valence-corrected chi connectivity index (χ2v) is 3.88. The van der Waals surface area contributed by atoms with Gasteiger partial charge in [0.2, 0.25) is 0 Å². The zero-order chi connectivity index (χ0) is 7.56. The molecular formula is C9H19N. The van der Waals surface area contributed by atoms with Crippen LogP contribution in [0.4, 0.5) is 0 Å². The molecule has 0 aromatic rings. The lowest BCUT2D eigenvalue weighted by Gasteiger charge is -2.32. The molecule has 0 aliphatic carbocycles. The molecule has 0 radical (unpaired) electrons. The van der Waals surface area contributed by atoms with E-state index in [2.05, 4.69) is 26.1 Å². The molecule has 0 bridgehead atoms. The lowest BCUT2D eigenvalue weighted by atomic mass is 9.80. The molecule has 1 aliphatic rings. The summed E-state index contributed by atoms with van der Waals surface area (Å²) in [6.07, 6.45) is 1.37. The van der Waals surface area contributed by atoms with Gasteiger partial charge in [0.15, 0.2) is 0 Å². The van der Waals surface area contributed by atoms with E-state index in [1.807, 2.05) is 0 Å². The number of nitrogens with one attached hydrogen (secondary N) is 1. The molecule has 0 spiro atoms. The van der Waals surface area contributed by atoms with Gasteiger partial charge in [0.1, 0.15) is 0 Å². The summed E-state index contributed by atoms with van der Waals surface area (Å²) in [7, 11) is 0. The summed E-state index contributed by atoms with van der Waals surface area (Å²) in [6.45, 7) is 9.49. The zero-order valence-corrected chi connectivity index (χ0v) is 7.35. The largest absolute Gasteiger partial charge is 0.316 e. The van der Waals surface area contributed by atoms with Gasteiger partial charge in [-0.15, -0.1) is 0 Å². The Morgan fingerprint density at radius 3 is 2.50 bits per heavy atom. The average molecular weight is 141 g/mol. The van der Waals surface area contributed by atoms with Crippen LogP contribution in [0.15, 0.2) is 0 Å². The summed E-state index contributed by atoms with van der Waals surface area (Å²) in [5, 5.41) is 3.42. The molecule has 1 fully saturated rings. The summed E-state index contributed by atoms with van der Waals surface area (Å²) in [4.78, 5) is 0. The first kappa shape index (κ1) is 8.06. The Labute approximate surface area is 64.2 Å². The van der Waals surface area contributed by atoms with Crippen LogP contribution in [0.5, 0.6) is 0 Å². The van der Waals surface area contributed by atoms with E-state index < -0.39 is 0 Å². The quantitative estimate of drug-likeness (QED) is 0.588. The number of hydrogen-bond donors (Lipinski definition) is 1. The van der Waals surface area contributed by atoms with E-state index >= 15 is 0 Å². The number of rotatable bonds is 1. The third-order valence-electron chi connectivity index (χ3n) is 2.71. The van der Waals surface area contributed by atoms with Crippen LogP contribution in [-0.4, -0.2) is 13.1 Å². The predicted octanol–water partition coefficient (Wildman–Crippen LogP) is 1.89. The molecular weight excluding hydrogens is 122 g/mol. The van der Waals surface area contributed by atoms with Gasteiger partial charge in [0, 0.05) is 0 Å². The van der Waals surface area contributed by atoms with Crippen LogP contribution in [0.1, 0.15) is 27.2 Å². The molecule has 0 saturated carbocycles. The van der Waals surface area contributed by atoms with E-state index in [0.717, 1.165) is 17.8 Å². The Morgan fingerprint density at radius 2 is 2.10 bits per heavy atom. The molecule has 0 amide bonds. The summed E-state index contributed by atoms with van der Waals surface area (Å²) >= 11 is 0. The molecule has 1 heteroatoms. The first-order valence-electron chi connectivity index (χ1n) is 4.42. The molecule has 60 valence electrons. The minimum absolute atomic E-state index is 0.872. The molecule has 10 heavy (non-hydrogen) atoms. The molecule has 2 atom stereocenters. The van der Waals surface area contributed by atoms with Crippen LogP contribution in [-0.2, 0) is 0 Å². The number of hydrogen-bond acceptors (Lipinski definition) is 1. The van der Waals surface area contributed by atoms with Crippen molar-refractivity contribution in [3.05, 3.63) is 0 Å². The van der Waals surface area contributed by atoms with E-state index in [-0.39, 0.29) is 0 Å². The summed E-state index contributed by atoms with van der Waals surface area (Å²) < 4.78 is 0. The molecule has 1 aliphatic heterocycles. The maximum atomic E-state index is 3.42. The van der Waals surface area contributed by atoms with Crippen LogP contribution < -0.4 is 5.32 Å². The van der Waals surface area contributed by atoms with Crippen LogP contribution in [0, 0.1) is 17.8 Å². The lowest BCUT2D eigenvalue weighted by molar-refractivity contribution is 0.210. The maximum absolute atomic E-state index is 3.42. The maximum Gasteiger partial charge on any atom is -0.00204 e. The van der Waals surface area contributed by atoms with Crippen molar-refractivity contribution in [2.24, 2.45) is 17.8 Å². The molecule has 1 nitrogen and oxygen atoms in total. The van der Waals surface area contributed by atoms with Crippen LogP contribution in [0.25, 0.3) is 0 Å². The molecule has 0 aromatic heterocycles. The first-order chi connectivity index (χ1) is 4.72. The van der Waals surface area contributed by atoms with Gasteiger partial charge in [-0.1, -0.05) is 20.8 Å². The second-order valence-electron chi connectivity index (χ2n) is 3.88. The topological polar surface area (TPSA) is 12.0 Å². The Balaban J connectivity index is 2.40. The van der Waals surface area contributed by atoms with E-state index in [0.29, 0.717) is 0 Å². The Hall–Kier alpha value is -0.0400. The van der Waals surface area contributed by atoms with Crippen LogP contribution in [0.3, 0.4) is 0 Å². The second kappa shape index (κ2) is 3.38. The minimum atomic E-state index is 0.872. The third kappa shape index (κ3) is 1.72. The van der Waals surface area contributed by atoms with Gasteiger partial charge in [-0.3, -0.25) is 0 Å². The minimum Gasteiger partial charge on any atom is -0.316 e. The summed E-state index contributed by atoms with van der Waals surface area (Å²) in [5.41, 5.74) is 0. The van der Waals surface area contributed by atoms with E-state index in [1.54, 1.807) is 0 Å². The van der Waals surface area contributed by atoms with Gasteiger partial charge in [-0.2, -0.15) is 0 Å². The van der Waals surface area contributed by atoms with E-state index in [9.17, 15) is 0 Å². The predicted molar refractivity (Wildman–Crippen MR) is 45.0 cm³/mol. The molecule has 0 aromatic carbocycles. The van der Waals surface area contributed by atoms with Gasteiger partial charge in [-0.25, -0.2) is 0 Å². The van der Waals surface area contributed by atoms with Crippen molar-refractivity contribution >= 4 is 0 Å².